The van der Waals surface area contributed by atoms with Crippen molar-refractivity contribution in [3.05, 3.63) is 35.1 Å². The largest absolute Gasteiger partial charge is 0.313 e. The van der Waals surface area contributed by atoms with Gasteiger partial charge in [0.1, 0.15) is 15.7 Å². The fourth-order valence-electron chi connectivity index (χ4n) is 1.51. The van der Waals surface area contributed by atoms with Gasteiger partial charge < -0.3 is 5.32 Å². The molecule has 0 heterocycles. The molecule has 0 aliphatic heterocycles. The number of sulfone groups is 1. The lowest BCUT2D eigenvalue weighted by atomic mass is 10.1. The van der Waals surface area contributed by atoms with E-state index in [0.717, 1.165) is 11.1 Å². The zero-order chi connectivity index (χ0) is 12.9. The molecule has 1 rings (SSSR count). The van der Waals surface area contributed by atoms with E-state index >= 15 is 0 Å². The molecule has 0 aliphatic rings. The maximum Gasteiger partial charge on any atom is 0.147 e. The molecule has 0 amide bonds. The Labute approximate surface area is 102 Å². The molecule has 96 valence electrons. The molecule has 0 unspecified atom stereocenters. The van der Waals surface area contributed by atoms with Crippen molar-refractivity contribution in [1.29, 1.82) is 0 Å². The maximum atomic E-state index is 13.0. The van der Waals surface area contributed by atoms with E-state index in [1.807, 2.05) is 6.92 Å². The van der Waals surface area contributed by atoms with Gasteiger partial charge in [-0.1, -0.05) is 6.07 Å². The molecular weight excluding hydrogens is 241 g/mol. The third kappa shape index (κ3) is 5.79. The average molecular weight is 259 g/mol. The highest BCUT2D eigenvalue weighted by molar-refractivity contribution is 7.90. The van der Waals surface area contributed by atoms with Crippen molar-refractivity contribution >= 4 is 9.84 Å². The van der Waals surface area contributed by atoms with Crippen LogP contribution >= 0.6 is 0 Å². The Morgan fingerprint density at radius 3 is 2.71 bits per heavy atom. The van der Waals surface area contributed by atoms with Gasteiger partial charge in [0.05, 0.1) is 5.75 Å². The normalized spacial score (nSPS) is 11.7. The van der Waals surface area contributed by atoms with Crippen LogP contribution in [0, 0.1) is 12.7 Å². The topological polar surface area (TPSA) is 46.2 Å². The Kier molecular flexibility index (Phi) is 5.08. The number of benzene rings is 1. The molecule has 0 atom stereocenters. The van der Waals surface area contributed by atoms with E-state index in [1.54, 1.807) is 6.07 Å². The standard InChI is InChI=1S/C12H18FNO2S/c1-10-4-5-12(13)8-11(10)9-14-6-3-7-17(2,15)16/h4-5,8,14H,3,6-7,9H2,1-2H3. The minimum Gasteiger partial charge on any atom is -0.313 e. The fourth-order valence-corrected chi connectivity index (χ4v) is 2.18. The predicted octanol–water partition coefficient (Wildman–Crippen LogP) is 1.66. The number of hydrogen-bond donors (Lipinski definition) is 1. The number of hydrogen-bond acceptors (Lipinski definition) is 3. The van der Waals surface area contributed by atoms with Gasteiger partial charge in [-0.05, 0) is 43.1 Å². The van der Waals surface area contributed by atoms with Crippen LogP contribution < -0.4 is 5.32 Å². The van der Waals surface area contributed by atoms with Gasteiger partial charge in [0, 0.05) is 12.8 Å². The van der Waals surface area contributed by atoms with E-state index in [9.17, 15) is 12.8 Å². The maximum absolute atomic E-state index is 13.0. The molecule has 3 nitrogen and oxygen atoms in total. The Balaban J connectivity index is 2.34. The van der Waals surface area contributed by atoms with Crippen molar-refractivity contribution in [2.45, 2.75) is 19.9 Å². The molecule has 5 heteroatoms. The number of rotatable bonds is 6. The first-order valence-corrected chi connectivity index (χ1v) is 7.58. The van der Waals surface area contributed by atoms with Gasteiger partial charge in [-0.15, -0.1) is 0 Å². The van der Waals surface area contributed by atoms with Crippen LogP contribution in [0.3, 0.4) is 0 Å². The summed E-state index contributed by atoms with van der Waals surface area (Å²) in [4.78, 5) is 0. The molecule has 0 fully saturated rings. The van der Waals surface area contributed by atoms with Gasteiger partial charge in [-0.2, -0.15) is 0 Å². The van der Waals surface area contributed by atoms with Crippen LogP contribution in [0.25, 0.3) is 0 Å². The summed E-state index contributed by atoms with van der Waals surface area (Å²) < 4.78 is 34.7. The number of aryl methyl sites for hydroxylation is 1. The molecule has 17 heavy (non-hydrogen) atoms. The first kappa shape index (κ1) is 14.1. The second-order valence-electron chi connectivity index (χ2n) is 4.23. The summed E-state index contributed by atoms with van der Waals surface area (Å²) in [7, 11) is -2.88. The molecule has 0 saturated carbocycles. The third-order valence-electron chi connectivity index (χ3n) is 2.50. The van der Waals surface area contributed by atoms with Crippen LogP contribution in [0.1, 0.15) is 17.5 Å². The van der Waals surface area contributed by atoms with E-state index in [1.165, 1.54) is 18.4 Å². The smallest absolute Gasteiger partial charge is 0.147 e. The van der Waals surface area contributed by atoms with Gasteiger partial charge in [0.25, 0.3) is 0 Å². The van der Waals surface area contributed by atoms with E-state index < -0.39 is 9.84 Å². The van der Waals surface area contributed by atoms with E-state index in [4.69, 9.17) is 0 Å². The summed E-state index contributed by atoms with van der Waals surface area (Å²) in [6.45, 7) is 3.10. The zero-order valence-corrected chi connectivity index (χ0v) is 11.0. The van der Waals surface area contributed by atoms with Crippen molar-refractivity contribution in [2.75, 3.05) is 18.6 Å². The lowest BCUT2D eigenvalue weighted by Crippen LogP contribution is -2.18. The van der Waals surface area contributed by atoms with Gasteiger partial charge in [-0.3, -0.25) is 0 Å². The van der Waals surface area contributed by atoms with Crippen molar-refractivity contribution < 1.29 is 12.8 Å². The number of halogens is 1. The van der Waals surface area contributed by atoms with Gasteiger partial charge in [0.2, 0.25) is 0 Å². The third-order valence-corrected chi connectivity index (χ3v) is 3.53. The summed E-state index contributed by atoms with van der Waals surface area (Å²) >= 11 is 0. The highest BCUT2D eigenvalue weighted by Crippen LogP contribution is 2.09. The summed E-state index contributed by atoms with van der Waals surface area (Å²) in [5, 5.41) is 3.11. The molecule has 0 radical (unpaired) electrons. The summed E-state index contributed by atoms with van der Waals surface area (Å²) in [5.74, 6) is -0.0641. The molecule has 0 aromatic heterocycles. The Morgan fingerprint density at radius 1 is 1.35 bits per heavy atom. The van der Waals surface area contributed by atoms with Crippen molar-refractivity contribution in [3.8, 4) is 0 Å². The summed E-state index contributed by atoms with van der Waals surface area (Å²) in [5.41, 5.74) is 1.94. The Hall–Kier alpha value is -0.940. The lowest BCUT2D eigenvalue weighted by Gasteiger charge is -2.07. The van der Waals surface area contributed by atoms with Gasteiger partial charge >= 0.3 is 0 Å². The van der Waals surface area contributed by atoms with Crippen LogP contribution in [-0.2, 0) is 16.4 Å². The first-order valence-electron chi connectivity index (χ1n) is 5.52. The predicted molar refractivity (Wildman–Crippen MR) is 67.2 cm³/mol. The van der Waals surface area contributed by atoms with Crippen molar-refractivity contribution in [2.24, 2.45) is 0 Å². The fraction of sp³-hybridized carbons (Fsp3) is 0.500. The highest BCUT2D eigenvalue weighted by Gasteiger charge is 2.02. The molecule has 0 saturated heterocycles. The molecule has 1 aromatic carbocycles. The molecular formula is C12H18FNO2S. The molecule has 1 N–H and O–H groups in total. The molecule has 0 aliphatic carbocycles. The molecule has 1 aromatic rings. The van der Waals surface area contributed by atoms with Crippen molar-refractivity contribution in [1.82, 2.24) is 5.32 Å². The Bertz CT molecular complexity index is 471. The summed E-state index contributed by atoms with van der Waals surface area (Å²) in [6.07, 6.45) is 1.80. The SMILES string of the molecule is Cc1ccc(F)cc1CNCCCS(C)(=O)=O. The quantitative estimate of drug-likeness (QED) is 0.790. The minimum absolute atomic E-state index is 0.183. The van der Waals surface area contributed by atoms with Crippen molar-refractivity contribution in [3.63, 3.8) is 0 Å². The van der Waals surface area contributed by atoms with Crippen LogP contribution in [-0.4, -0.2) is 27.0 Å². The monoisotopic (exact) mass is 259 g/mol. The van der Waals surface area contributed by atoms with Crippen LogP contribution in [0.15, 0.2) is 18.2 Å². The van der Waals surface area contributed by atoms with Crippen LogP contribution in [0.2, 0.25) is 0 Å². The van der Waals surface area contributed by atoms with Gasteiger partial charge in [0.15, 0.2) is 0 Å². The Morgan fingerprint density at radius 2 is 2.06 bits per heavy atom. The zero-order valence-electron chi connectivity index (χ0n) is 10.2. The second kappa shape index (κ2) is 6.12. The van der Waals surface area contributed by atoms with Gasteiger partial charge in [-0.25, -0.2) is 12.8 Å². The average Bonchev–Trinajstić information content (AvgIpc) is 2.21. The summed E-state index contributed by atoms with van der Waals surface area (Å²) in [6, 6.07) is 4.67. The lowest BCUT2D eigenvalue weighted by molar-refractivity contribution is 0.593. The minimum atomic E-state index is -2.88. The highest BCUT2D eigenvalue weighted by atomic mass is 32.2. The second-order valence-corrected chi connectivity index (χ2v) is 6.49. The molecule has 0 bridgehead atoms. The molecule has 0 spiro atoms. The van der Waals surface area contributed by atoms with E-state index in [2.05, 4.69) is 5.32 Å². The van der Waals surface area contributed by atoms with E-state index in [0.29, 0.717) is 19.5 Å². The van der Waals surface area contributed by atoms with Crippen LogP contribution in [0.5, 0.6) is 0 Å². The van der Waals surface area contributed by atoms with E-state index in [-0.39, 0.29) is 11.6 Å². The first-order chi connectivity index (χ1) is 7.88. The van der Waals surface area contributed by atoms with Crippen LogP contribution in [0.4, 0.5) is 4.39 Å². The number of nitrogens with one attached hydrogen (secondary N) is 1.